The number of thiazole rings is 1. The molecular formula is C18H20N2S. The zero-order chi connectivity index (χ0) is 14.5. The number of hydrogen-bond donors (Lipinski definition) is 1. The van der Waals surface area contributed by atoms with Crippen LogP contribution in [0.2, 0.25) is 0 Å². The van der Waals surface area contributed by atoms with E-state index in [-0.39, 0.29) is 0 Å². The van der Waals surface area contributed by atoms with Gasteiger partial charge in [0.15, 0.2) is 0 Å². The predicted molar refractivity (Wildman–Crippen MR) is 92.0 cm³/mol. The SMILES string of the molecule is CCCCC(Nc1ccc2ncsc2c1)c1ccccc1. The van der Waals surface area contributed by atoms with Gasteiger partial charge in [-0.2, -0.15) is 0 Å². The van der Waals surface area contributed by atoms with E-state index in [1.165, 1.54) is 28.8 Å². The van der Waals surface area contributed by atoms with E-state index in [4.69, 9.17) is 0 Å². The van der Waals surface area contributed by atoms with E-state index in [0.717, 1.165) is 11.9 Å². The number of rotatable bonds is 6. The highest BCUT2D eigenvalue weighted by Crippen LogP contribution is 2.27. The smallest absolute Gasteiger partial charge is 0.0813 e. The molecule has 0 aliphatic rings. The Morgan fingerprint density at radius 2 is 2.00 bits per heavy atom. The standard InChI is InChI=1S/C18H20N2S/c1-2-3-9-16(14-7-5-4-6-8-14)20-15-10-11-17-18(12-15)21-13-19-17/h4-8,10-13,16,20H,2-3,9H2,1H3. The summed E-state index contributed by atoms with van der Waals surface area (Å²) in [7, 11) is 0. The zero-order valence-electron chi connectivity index (χ0n) is 12.3. The topological polar surface area (TPSA) is 24.9 Å². The van der Waals surface area contributed by atoms with E-state index in [0.29, 0.717) is 6.04 Å². The van der Waals surface area contributed by atoms with E-state index < -0.39 is 0 Å². The first-order valence-electron chi connectivity index (χ1n) is 7.51. The van der Waals surface area contributed by atoms with Gasteiger partial charge >= 0.3 is 0 Å². The van der Waals surface area contributed by atoms with Crippen LogP contribution in [0.4, 0.5) is 5.69 Å². The second-order valence-electron chi connectivity index (χ2n) is 5.28. The van der Waals surface area contributed by atoms with Crippen molar-refractivity contribution in [3.8, 4) is 0 Å². The second-order valence-corrected chi connectivity index (χ2v) is 6.17. The maximum Gasteiger partial charge on any atom is 0.0813 e. The van der Waals surface area contributed by atoms with Gasteiger partial charge in [0.1, 0.15) is 0 Å². The molecular weight excluding hydrogens is 276 g/mol. The van der Waals surface area contributed by atoms with Crippen LogP contribution in [0.5, 0.6) is 0 Å². The van der Waals surface area contributed by atoms with Gasteiger partial charge < -0.3 is 5.32 Å². The summed E-state index contributed by atoms with van der Waals surface area (Å²) in [5, 5.41) is 3.69. The van der Waals surface area contributed by atoms with Crippen molar-refractivity contribution in [2.75, 3.05) is 5.32 Å². The van der Waals surface area contributed by atoms with Gasteiger partial charge in [-0.15, -0.1) is 11.3 Å². The van der Waals surface area contributed by atoms with Gasteiger partial charge in [0, 0.05) is 5.69 Å². The van der Waals surface area contributed by atoms with Crippen molar-refractivity contribution in [3.05, 3.63) is 59.6 Å². The van der Waals surface area contributed by atoms with Crippen LogP contribution in [0.3, 0.4) is 0 Å². The summed E-state index contributed by atoms with van der Waals surface area (Å²) >= 11 is 1.69. The van der Waals surface area contributed by atoms with Gasteiger partial charge in [0.2, 0.25) is 0 Å². The molecule has 0 saturated heterocycles. The largest absolute Gasteiger partial charge is 0.378 e. The van der Waals surface area contributed by atoms with E-state index in [1.807, 2.05) is 5.51 Å². The summed E-state index contributed by atoms with van der Waals surface area (Å²) in [4.78, 5) is 4.34. The number of fused-ring (bicyclic) bond motifs is 1. The molecule has 0 amide bonds. The summed E-state index contributed by atoms with van der Waals surface area (Å²) in [6, 6.07) is 17.5. The van der Waals surface area contributed by atoms with E-state index >= 15 is 0 Å². The third-order valence-corrected chi connectivity index (χ3v) is 4.51. The fraction of sp³-hybridized carbons (Fsp3) is 0.278. The lowest BCUT2D eigenvalue weighted by molar-refractivity contribution is 0.634. The molecule has 1 unspecified atom stereocenters. The van der Waals surface area contributed by atoms with E-state index in [9.17, 15) is 0 Å². The molecule has 2 nitrogen and oxygen atoms in total. The lowest BCUT2D eigenvalue weighted by Crippen LogP contribution is -2.10. The summed E-state index contributed by atoms with van der Waals surface area (Å²) in [6.45, 7) is 2.24. The van der Waals surface area contributed by atoms with Crippen LogP contribution >= 0.6 is 11.3 Å². The first kappa shape index (κ1) is 14.1. The van der Waals surface area contributed by atoms with Crippen LogP contribution in [-0.2, 0) is 0 Å². The van der Waals surface area contributed by atoms with Crippen molar-refractivity contribution in [2.24, 2.45) is 0 Å². The van der Waals surface area contributed by atoms with Crippen LogP contribution in [0.15, 0.2) is 54.0 Å². The maximum absolute atomic E-state index is 4.34. The predicted octanol–water partition coefficient (Wildman–Crippen LogP) is 5.64. The van der Waals surface area contributed by atoms with Gasteiger partial charge in [-0.3, -0.25) is 0 Å². The van der Waals surface area contributed by atoms with Gasteiger partial charge in [0.05, 0.1) is 21.8 Å². The average molecular weight is 296 g/mol. The van der Waals surface area contributed by atoms with E-state index in [1.54, 1.807) is 11.3 Å². The molecule has 1 aromatic heterocycles. The highest BCUT2D eigenvalue weighted by atomic mass is 32.1. The van der Waals surface area contributed by atoms with Crippen LogP contribution in [0.25, 0.3) is 10.2 Å². The number of nitrogens with zero attached hydrogens (tertiary/aromatic N) is 1. The summed E-state index contributed by atoms with van der Waals surface area (Å²) in [5.74, 6) is 0. The number of benzene rings is 2. The molecule has 3 aromatic rings. The highest BCUT2D eigenvalue weighted by molar-refractivity contribution is 7.16. The molecule has 2 aromatic carbocycles. The number of nitrogens with one attached hydrogen (secondary N) is 1. The molecule has 3 heteroatoms. The van der Waals surface area contributed by atoms with Crippen molar-refractivity contribution >= 4 is 27.2 Å². The molecule has 108 valence electrons. The van der Waals surface area contributed by atoms with Gasteiger partial charge in [-0.25, -0.2) is 4.98 Å². The first-order valence-corrected chi connectivity index (χ1v) is 8.39. The second kappa shape index (κ2) is 6.72. The Kier molecular flexibility index (Phi) is 4.51. The minimum atomic E-state index is 0.372. The molecule has 3 rings (SSSR count). The number of unbranched alkanes of at least 4 members (excludes halogenated alkanes) is 1. The van der Waals surface area contributed by atoms with Gasteiger partial charge in [-0.05, 0) is 30.2 Å². The van der Waals surface area contributed by atoms with Crippen LogP contribution in [0.1, 0.15) is 37.8 Å². The minimum Gasteiger partial charge on any atom is -0.378 e. The third kappa shape index (κ3) is 3.42. The fourth-order valence-electron chi connectivity index (χ4n) is 2.56. The molecule has 0 bridgehead atoms. The first-order chi connectivity index (χ1) is 10.4. The average Bonchev–Trinajstić information content (AvgIpc) is 3.00. The Bertz CT molecular complexity index is 691. The summed E-state index contributed by atoms with van der Waals surface area (Å²) in [6.07, 6.45) is 3.61. The van der Waals surface area contributed by atoms with Crippen LogP contribution in [0, 0.1) is 0 Å². The Labute approximate surface area is 129 Å². The van der Waals surface area contributed by atoms with Gasteiger partial charge in [0.25, 0.3) is 0 Å². The third-order valence-electron chi connectivity index (χ3n) is 3.72. The summed E-state index contributed by atoms with van der Waals surface area (Å²) < 4.78 is 1.24. The summed E-state index contributed by atoms with van der Waals surface area (Å²) in [5.41, 5.74) is 5.52. The molecule has 0 spiro atoms. The maximum atomic E-state index is 4.34. The lowest BCUT2D eigenvalue weighted by Gasteiger charge is -2.20. The normalized spacial score (nSPS) is 12.4. The van der Waals surface area contributed by atoms with Crippen molar-refractivity contribution in [1.82, 2.24) is 4.98 Å². The number of anilines is 1. The van der Waals surface area contributed by atoms with E-state index in [2.05, 4.69) is 65.8 Å². The molecule has 0 saturated carbocycles. The van der Waals surface area contributed by atoms with Crippen molar-refractivity contribution in [3.63, 3.8) is 0 Å². The quantitative estimate of drug-likeness (QED) is 0.636. The number of aromatic nitrogens is 1. The van der Waals surface area contributed by atoms with Crippen molar-refractivity contribution < 1.29 is 0 Å². The lowest BCUT2D eigenvalue weighted by atomic mass is 10.0. The molecule has 0 aliphatic carbocycles. The van der Waals surface area contributed by atoms with Crippen molar-refractivity contribution in [1.29, 1.82) is 0 Å². The Hall–Kier alpha value is -1.87. The van der Waals surface area contributed by atoms with Crippen LogP contribution in [-0.4, -0.2) is 4.98 Å². The fourth-order valence-corrected chi connectivity index (χ4v) is 3.28. The molecule has 0 fully saturated rings. The molecule has 0 aliphatic heterocycles. The Balaban J connectivity index is 1.82. The monoisotopic (exact) mass is 296 g/mol. The highest BCUT2D eigenvalue weighted by Gasteiger charge is 2.11. The number of hydrogen-bond acceptors (Lipinski definition) is 3. The van der Waals surface area contributed by atoms with Gasteiger partial charge in [-0.1, -0.05) is 50.1 Å². The minimum absolute atomic E-state index is 0.372. The van der Waals surface area contributed by atoms with Crippen molar-refractivity contribution in [2.45, 2.75) is 32.2 Å². The Morgan fingerprint density at radius 1 is 1.14 bits per heavy atom. The zero-order valence-corrected chi connectivity index (χ0v) is 13.1. The molecule has 1 N–H and O–H groups in total. The molecule has 1 heterocycles. The molecule has 1 atom stereocenters. The van der Waals surface area contributed by atoms with Crippen LogP contribution < -0.4 is 5.32 Å². The molecule has 21 heavy (non-hydrogen) atoms. The molecule has 0 radical (unpaired) electrons. The Morgan fingerprint density at radius 3 is 2.81 bits per heavy atom.